The van der Waals surface area contributed by atoms with E-state index in [0.717, 1.165) is 5.82 Å². The fraction of sp³-hybridized carbons (Fsp3) is 0.333. The first kappa shape index (κ1) is 2.07. The van der Waals surface area contributed by atoms with Crippen LogP contribution >= 0.6 is 0 Å². The van der Waals surface area contributed by atoms with Gasteiger partial charge in [0.1, 0.15) is 7.85 Å². The maximum atomic E-state index is 2.17. The van der Waals surface area contributed by atoms with Crippen LogP contribution in [0.4, 0.5) is 0 Å². The SMILES string of the molecule is BC1C=C1. The van der Waals surface area contributed by atoms with Gasteiger partial charge in [-0.2, -0.15) is 0 Å². The van der Waals surface area contributed by atoms with E-state index in [1.54, 1.807) is 0 Å². The highest BCUT2D eigenvalue weighted by Gasteiger charge is 1.98. The van der Waals surface area contributed by atoms with Gasteiger partial charge in [0.2, 0.25) is 0 Å². The zero-order valence-corrected chi connectivity index (χ0v) is 2.73. The molecule has 0 nitrogen and oxygen atoms in total. The van der Waals surface area contributed by atoms with Crippen molar-refractivity contribution >= 4 is 7.85 Å². The van der Waals surface area contributed by atoms with Crippen molar-refractivity contribution in [3.05, 3.63) is 12.2 Å². The lowest BCUT2D eigenvalue weighted by Crippen LogP contribution is -1.51. The Labute approximate surface area is 26.9 Å². The van der Waals surface area contributed by atoms with Crippen molar-refractivity contribution in [2.45, 2.75) is 5.82 Å². The Balaban J connectivity index is 2.32. The largest absolute Gasteiger partial charge is 0.115 e. The normalized spacial score (nSPS) is 22.0. The van der Waals surface area contributed by atoms with Crippen LogP contribution in [0.5, 0.6) is 0 Å². The van der Waals surface area contributed by atoms with Crippen LogP contribution in [0.1, 0.15) is 0 Å². The minimum Gasteiger partial charge on any atom is -0.0899 e. The summed E-state index contributed by atoms with van der Waals surface area (Å²) < 4.78 is 0. The zero-order chi connectivity index (χ0) is 2.99. The first-order chi connectivity index (χ1) is 1.89. The van der Waals surface area contributed by atoms with Crippen LogP contribution in [0.2, 0.25) is 5.82 Å². The van der Waals surface area contributed by atoms with E-state index in [1.165, 1.54) is 0 Å². The molecule has 1 heteroatoms. The summed E-state index contributed by atoms with van der Waals surface area (Å²) in [6.45, 7) is 0. The third-order valence-electron chi connectivity index (χ3n) is 0.577. The fourth-order valence-electron chi connectivity index (χ4n) is 0.111. The van der Waals surface area contributed by atoms with Crippen molar-refractivity contribution in [2.75, 3.05) is 0 Å². The lowest BCUT2D eigenvalue weighted by molar-refractivity contribution is 1.67. The van der Waals surface area contributed by atoms with E-state index >= 15 is 0 Å². The van der Waals surface area contributed by atoms with Crippen molar-refractivity contribution < 1.29 is 0 Å². The van der Waals surface area contributed by atoms with Crippen LogP contribution in [0.25, 0.3) is 0 Å². The Hall–Kier alpha value is -0.195. The number of hydrogen-bond acceptors (Lipinski definition) is 0. The van der Waals surface area contributed by atoms with Gasteiger partial charge >= 0.3 is 0 Å². The molecule has 0 aromatic rings. The summed E-state index contributed by atoms with van der Waals surface area (Å²) in [4.78, 5) is 0. The second-order valence-corrected chi connectivity index (χ2v) is 1.24. The second-order valence-electron chi connectivity index (χ2n) is 1.24. The monoisotopic (exact) mass is 52.0 g/mol. The summed E-state index contributed by atoms with van der Waals surface area (Å²) in [7, 11) is 2.17. The smallest absolute Gasteiger partial charge is 0.0899 e. The van der Waals surface area contributed by atoms with Gasteiger partial charge in [0.05, 0.1) is 0 Å². The van der Waals surface area contributed by atoms with Gasteiger partial charge in [-0.25, -0.2) is 0 Å². The Morgan fingerprint density at radius 3 is 1.75 bits per heavy atom. The average molecular weight is 51.9 g/mol. The number of allylic oxidation sites excluding steroid dienone is 2. The Bertz CT molecular complexity index is 41.2. The molecule has 0 saturated heterocycles. The van der Waals surface area contributed by atoms with E-state index < -0.39 is 0 Å². The molecule has 0 radical (unpaired) electrons. The first-order valence-corrected chi connectivity index (χ1v) is 1.58. The van der Waals surface area contributed by atoms with E-state index in [1.807, 2.05) is 0 Å². The molecule has 0 amide bonds. The predicted octanol–water partition coefficient (Wildman–Crippen LogP) is -0.0222. The molecule has 1 rings (SSSR count). The second kappa shape index (κ2) is 0.396. The van der Waals surface area contributed by atoms with E-state index in [9.17, 15) is 0 Å². The number of hydrogen-bond donors (Lipinski definition) is 0. The maximum absolute atomic E-state index is 2.17. The highest BCUT2D eigenvalue weighted by atomic mass is 14.0. The predicted molar refractivity (Wildman–Crippen MR) is 21.4 cm³/mol. The molecular weight excluding hydrogens is 46.8 g/mol. The average Bonchev–Trinajstić information content (AvgIpc) is 1.75. The van der Waals surface area contributed by atoms with Crippen LogP contribution in [0, 0.1) is 0 Å². The lowest BCUT2D eigenvalue weighted by atomic mass is 10.0. The first-order valence-electron chi connectivity index (χ1n) is 1.58. The summed E-state index contributed by atoms with van der Waals surface area (Å²) in [5, 5.41) is 0. The molecule has 20 valence electrons. The minimum absolute atomic E-state index is 0.833. The van der Waals surface area contributed by atoms with E-state index in [-0.39, 0.29) is 0 Å². The van der Waals surface area contributed by atoms with E-state index in [0.29, 0.717) is 0 Å². The molecule has 1 aliphatic carbocycles. The molecule has 0 bridgehead atoms. The molecule has 0 heterocycles. The topological polar surface area (TPSA) is 0 Å². The maximum Gasteiger partial charge on any atom is 0.115 e. The zero-order valence-electron chi connectivity index (χ0n) is 2.73. The van der Waals surface area contributed by atoms with E-state index in [4.69, 9.17) is 0 Å². The summed E-state index contributed by atoms with van der Waals surface area (Å²) in [5.74, 6) is 0.833. The summed E-state index contributed by atoms with van der Waals surface area (Å²) >= 11 is 0. The molecule has 1 aliphatic rings. The molecule has 0 spiro atoms. The van der Waals surface area contributed by atoms with Crippen molar-refractivity contribution in [3.8, 4) is 0 Å². The van der Waals surface area contributed by atoms with E-state index in [2.05, 4.69) is 20.0 Å². The molecule has 4 heavy (non-hydrogen) atoms. The van der Waals surface area contributed by atoms with Crippen molar-refractivity contribution in [2.24, 2.45) is 0 Å². The van der Waals surface area contributed by atoms with Crippen molar-refractivity contribution in [1.82, 2.24) is 0 Å². The van der Waals surface area contributed by atoms with Gasteiger partial charge in [-0.05, 0) is 5.82 Å². The Kier molecular flexibility index (Phi) is 0.205. The van der Waals surface area contributed by atoms with Crippen LogP contribution in [-0.4, -0.2) is 7.85 Å². The molecule has 0 fully saturated rings. The molecule has 0 atom stereocenters. The molecule has 0 saturated carbocycles. The number of rotatable bonds is 0. The molecule has 0 N–H and O–H groups in total. The van der Waals surface area contributed by atoms with Crippen LogP contribution in [0.15, 0.2) is 12.2 Å². The fourth-order valence-corrected chi connectivity index (χ4v) is 0.111. The molecule has 0 aliphatic heterocycles. The summed E-state index contributed by atoms with van der Waals surface area (Å²) in [6, 6.07) is 0. The van der Waals surface area contributed by atoms with Gasteiger partial charge in [0, 0.05) is 0 Å². The third-order valence-corrected chi connectivity index (χ3v) is 0.577. The van der Waals surface area contributed by atoms with Crippen LogP contribution < -0.4 is 0 Å². The molecular formula is C3H5B. The molecule has 0 unspecified atom stereocenters. The highest BCUT2D eigenvalue weighted by Crippen LogP contribution is 2.16. The summed E-state index contributed by atoms with van der Waals surface area (Å²) in [5.41, 5.74) is 0. The van der Waals surface area contributed by atoms with Gasteiger partial charge in [-0.15, -0.1) is 0 Å². The van der Waals surface area contributed by atoms with Crippen molar-refractivity contribution in [3.63, 3.8) is 0 Å². The highest BCUT2D eigenvalue weighted by molar-refractivity contribution is 6.16. The van der Waals surface area contributed by atoms with Gasteiger partial charge in [-0.3, -0.25) is 0 Å². The third kappa shape index (κ3) is 0.149. The summed E-state index contributed by atoms with van der Waals surface area (Å²) in [6.07, 6.45) is 4.33. The van der Waals surface area contributed by atoms with Gasteiger partial charge in [0.15, 0.2) is 0 Å². The van der Waals surface area contributed by atoms with Gasteiger partial charge < -0.3 is 0 Å². The Morgan fingerprint density at radius 2 is 1.75 bits per heavy atom. The minimum atomic E-state index is 0.833. The Morgan fingerprint density at radius 1 is 1.50 bits per heavy atom. The molecule has 0 aromatic carbocycles. The standard InChI is InChI=1S/C3H5B/c4-3-1-2-3/h1-3H,4H2. The van der Waals surface area contributed by atoms with Gasteiger partial charge in [-0.1, -0.05) is 12.2 Å². The van der Waals surface area contributed by atoms with Crippen LogP contribution in [0.3, 0.4) is 0 Å². The van der Waals surface area contributed by atoms with Gasteiger partial charge in [0.25, 0.3) is 0 Å². The van der Waals surface area contributed by atoms with Crippen LogP contribution in [-0.2, 0) is 0 Å². The molecule has 0 aromatic heterocycles. The quantitative estimate of drug-likeness (QED) is 0.268. The lowest BCUT2D eigenvalue weighted by Gasteiger charge is -1.55. The van der Waals surface area contributed by atoms with Crippen molar-refractivity contribution in [1.29, 1.82) is 0 Å².